The summed E-state index contributed by atoms with van der Waals surface area (Å²) in [6.07, 6.45) is 0.0419. The van der Waals surface area contributed by atoms with Gasteiger partial charge in [-0.2, -0.15) is 0 Å². The van der Waals surface area contributed by atoms with E-state index >= 15 is 0 Å². The monoisotopic (exact) mass is 366 g/mol. The highest BCUT2D eigenvalue weighted by Gasteiger charge is 2.14. The molecule has 0 aliphatic heterocycles. The lowest BCUT2D eigenvalue weighted by Crippen LogP contribution is -2.28. The highest BCUT2D eigenvalue weighted by atomic mass is 35.5. The number of hydrogen-bond acceptors (Lipinski definition) is 3. The van der Waals surface area contributed by atoms with Crippen LogP contribution in [0.2, 0.25) is 5.02 Å². The van der Waals surface area contributed by atoms with Crippen molar-refractivity contribution in [3.05, 3.63) is 58.6 Å². The molecule has 0 unspecified atom stereocenters. The van der Waals surface area contributed by atoms with E-state index < -0.39 is 10.0 Å². The van der Waals surface area contributed by atoms with E-state index in [9.17, 15) is 13.2 Å². The number of rotatable bonds is 6. The normalized spacial score (nSPS) is 11.3. The van der Waals surface area contributed by atoms with Crippen LogP contribution in [0.4, 0.5) is 5.69 Å². The Bertz CT molecular complexity index is 833. The fraction of sp³-hybridized carbons (Fsp3) is 0.235. The molecule has 2 N–H and O–H groups in total. The minimum atomic E-state index is -3.65. The summed E-state index contributed by atoms with van der Waals surface area (Å²) in [5.74, 6) is -0.248. The number of aryl methyl sites for hydroxylation is 1. The van der Waals surface area contributed by atoms with Gasteiger partial charge in [0.05, 0.1) is 4.90 Å². The highest BCUT2D eigenvalue weighted by molar-refractivity contribution is 7.89. The van der Waals surface area contributed by atoms with Gasteiger partial charge in [-0.15, -0.1) is 0 Å². The van der Waals surface area contributed by atoms with E-state index in [2.05, 4.69) is 10.0 Å². The van der Waals surface area contributed by atoms with Gasteiger partial charge >= 0.3 is 0 Å². The average Bonchev–Trinajstić information content (AvgIpc) is 2.52. The zero-order valence-electron chi connectivity index (χ0n) is 13.5. The van der Waals surface area contributed by atoms with Crippen LogP contribution in [0.1, 0.15) is 17.5 Å². The van der Waals surface area contributed by atoms with Gasteiger partial charge in [-0.3, -0.25) is 4.79 Å². The molecule has 0 spiro atoms. The Morgan fingerprint density at radius 3 is 2.42 bits per heavy atom. The smallest absolute Gasteiger partial charge is 0.240 e. The first kappa shape index (κ1) is 18.4. The van der Waals surface area contributed by atoms with Crippen molar-refractivity contribution in [3.63, 3.8) is 0 Å². The maximum absolute atomic E-state index is 12.1. The second-order valence-electron chi connectivity index (χ2n) is 5.40. The van der Waals surface area contributed by atoms with Crippen LogP contribution in [0.15, 0.2) is 47.4 Å². The molecule has 0 fully saturated rings. The van der Waals surface area contributed by atoms with Gasteiger partial charge in [0.1, 0.15) is 0 Å². The molecule has 1 amide bonds. The van der Waals surface area contributed by atoms with Crippen molar-refractivity contribution in [1.82, 2.24) is 4.72 Å². The second kappa shape index (κ2) is 7.79. The molecule has 128 valence electrons. The van der Waals surface area contributed by atoms with Gasteiger partial charge in [-0.1, -0.05) is 23.7 Å². The van der Waals surface area contributed by atoms with E-state index in [0.717, 1.165) is 16.8 Å². The lowest BCUT2D eigenvalue weighted by atomic mass is 10.1. The predicted octanol–water partition coefficient (Wildman–Crippen LogP) is 3.26. The summed E-state index contributed by atoms with van der Waals surface area (Å²) < 4.78 is 26.6. The van der Waals surface area contributed by atoms with Crippen molar-refractivity contribution in [2.24, 2.45) is 0 Å². The number of carbonyl (C=O) groups excluding carboxylic acids is 1. The van der Waals surface area contributed by atoms with Gasteiger partial charge in [0.15, 0.2) is 0 Å². The number of hydrogen-bond donors (Lipinski definition) is 2. The topological polar surface area (TPSA) is 75.3 Å². The van der Waals surface area contributed by atoms with E-state index in [1.165, 1.54) is 24.3 Å². The Kier molecular flexibility index (Phi) is 5.99. The van der Waals surface area contributed by atoms with Gasteiger partial charge in [0.2, 0.25) is 15.9 Å². The largest absolute Gasteiger partial charge is 0.326 e. The average molecular weight is 367 g/mol. The first-order chi connectivity index (χ1) is 11.3. The Hall–Kier alpha value is -1.89. The van der Waals surface area contributed by atoms with E-state index in [-0.39, 0.29) is 23.8 Å². The van der Waals surface area contributed by atoms with Crippen molar-refractivity contribution in [2.75, 3.05) is 11.9 Å². The fourth-order valence-corrected chi connectivity index (χ4v) is 3.25. The van der Waals surface area contributed by atoms with Crippen molar-refractivity contribution >= 4 is 33.2 Å². The molecule has 0 aliphatic rings. The number of benzene rings is 2. The van der Waals surface area contributed by atoms with Crippen molar-refractivity contribution in [2.45, 2.75) is 25.2 Å². The molecular weight excluding hydrogens is 348 g/mol. The molecule has 7 heteroatoms. The van der Waals surface area contributed by atoms with Crippen LogP contribution in [0, 0.1) is 13.8 Å². The zero-order valence-corrected chi connectivity index (χ0v) is 15.0. The molecular formula is C17H19ClN2O3S. The first-order valence-corrected chi connectivity index (χ1v) is 9.27. The van der Waals surface area contributed by atoms with E-state index in [4.69, 9.17) is 11.6 Å². The van der Waals surface area contributed by atoms with Crippen LogP contribution in [0.25, 0.3) is 0 Å². The van der Waals surface area contributed by atoms with Crippen LogP contribution in [-0.2, 0) is 14.8 Å². The summed E-state index contributed by atoms with van der Waals surface area (Å²) in [4.78, 5) is 12.1. The van der Waals surface area contributed by atoms with Crippen LogP contribution < -0.4 is 10.0 Å². The van der Waals surface area contributed by atoms with Crippen LogP contribution >= 0.6 is 11.6 Å². The van der Waals surface area contributed by atoms with Crippen LogP contribution in [0.5, 0.6) is 0 Å². The molecule has 2 rings (SSSR count). The molecule has 0 saturated heterocycles. The summed E-state index contributed by atoms with van der Waals surface area (Å²) in [5, 5.41) is 3.25. The van der Waals surface area contributed by atoms with Crippen molar-refractivity contribution in [3.8, 4) is 0 Å². The summed E-state index contributed by atoms with van der Waals surface area (Å²) >= 11 is 5.74. The molecule has 2 aromatic carbocycles. The lowest BCUT2D eigenvalue weighted by Gasteiger charge is -2.11. The number of nitrogens with one attached hydrogen (secondary N) is 2. The van der Waals surface area contributed by atoms with Crippen molar-refractivity contribution < 1.29 is 13.2 Å². The molecule has 0 atom stereocenters. The first-order valence-electron chi connectivity index (χ1n) is 7.41. The van der Waals surface area contributed by atoms with Crippen LogP contribution in [0.3, 0.4) is 0 Å². The Labute approximate surface area is 147 Å². The summed E-state index contributed by atoms with van der Waals surface area (Å²) in [5.41, 5.74) is 2.81. The standard InChI is InChI=1S/C17H19ClN2O3S/c1-12-4-3-5-16(13(12)2)20-17(21)10-11-19-24(22,23)15-8-6-14(18)7-9-15/h3-9,19H,10-11H2,1-2H3,(H,20,21). The zero-order chi connectivity index (χ0) is 17.7. The molecule has 5 nitrogen and oxygen atoms in total. The third-order valence-electron chi connectivity index (χ3n) is 3.65. The third kappa shape index (κ3) is 4.80. The molecule has 2 aromatic rings. The number of halogens is 1. The quantitative estimate of drug-likeness (QED) is 0.823. The van der Waals surface area contributed by atoms with Gasteiger partial charge in [0.25, 0.3) is 0 Å². The Morgan fingerprint density at radius 1 is 1.08 bits per heavy atom. The molecule has 0 radical (unpaired) electrons. The predicted molar refractivity (Wildman–Crippen MR) is 95.8 cm³/mol. The van der Waals surface area contributed by atoms with E-state index in [0.29, 0.717) is 5.02 Å². The highest BCUT2D eigenvalue weighted by Crippen LogP contribution is 2.18. The minimum absolute atomic E-state index is 0.0155. The minimum Gasteiger partial charge on any atom is -0.326 e. The fourth-order valence-electron chi connectivity index (χ4n) is 2.10. The number of amides is 1. The summed E-state index contributed by atoms with van der Waals surface area (Å²) in [6, 6.07) is 11.5. The van der Waals surface area contributed by atoms with Crippen molar-refractivity contribution in [1.29, 1.82) is 0 Å². The summed E-state index contributed by atoms with van der Waals surface area (Å²) in [6.45, 7) is 3.90. The maximum Gasteiger partial charge on any atom is 0.240 e. The molecule has 0 aliphatic carbocycles. The molecule has 0 bridgehead atoms. The van der Waals surface area contributed by atoms with E-state index in [1.54, 1.807) is 0 Å². The van der Waals surface area contributed by atoms with Gasteiger partial charge in [-0.25, -0.2) is 13.1 Å². The number of sulfonamides is 1. The molecule has 0 heterocycles. The number of carbonyl (C=O) groups is 1. The Balaban J connectivity index is 1.90. The molecule has 0 saturated carbocycles. The second-order valence-corrected chi connectivity index (χ2v) is 7.60. The van der Waals surface area contributed by atoms with Gasteiger partial charge in [-0.05, 0) is 55.3 Å². The number of anilines is 1. The maximum atomic E-state index is 12.1. The third-order valence-corrected chi connectivity index (χ3v) is 5.38. The van der Waals surface area contributed by atoms with Gasteiger partial charge < -0.3 is 5.32 Å². The Morgan fingerprint density at radius 2 is 1.75 bits per heavy atom. The van der Waals surface area contributed by atoms with E-state index in [1.807, 2.05) is 32.0 Å². The molecule has 24 heavy (non-hydrogen) atoms. The summed E-state index contributed by atoms with van der Waals surface area (Å²) in [7, 11) is -3.65. The SMILES string of the molecule is Cc1cccc(NC(=O)CCNS(=O)(=O)c2ccc(Cl)cc2)c1C. The van der Waals surface area contributed by atoms with Gasteiger partial charge in [0, 0.05) is 23.7 Å². The van der Waals surface area contributed by atoms with Crippen LogP contribution in [-0.4, -0.2) is 20.9 Å². The molecule has 0 aromatic heterocycles. The lowest BCUT2D eigenvalue weighted by molar-refractivity contribution is -0.116.